The molecule has 11 heteroatoms. The molecule has 0 aliphatic rings. The number of allylic oxidation sites excluding steroid dienone is 4. The van der Waals surface area contributed by atoms with Crippen LogP contribution in [-0.4, -0.2) is 27.5 Å². The molecule has 0 fully saturated rings. The molecule has 0 radical (unpaired) electrons. The number of carboxylic acid groups (broad SMARTS) is 1. The van der Waals surface area contributed by atoms with E-state index in [1.165, 1.54) is 40.1 Å². The van der Waals surface area contributed by atoms with Crippen molar-refractivity contribution in [3.05, 3.63) is 48.0 Å². The summed E-state index contributed by atoms with van der Waals surface area (Å²) in [6.45, 7) is 5.39. The van der Waals surface area contributed by atoms with Gasteiger partial charge in [0.05, 0.1) is 12.2 Å². The average molecular weight is 524 g/mol. The van der Waals surface area contributed by atoms with Crippen LogP contribution in [0.1, 0.15) is 38.2 Å². The zero-order chi connectivity index (χ0) is 18.4. The first kappa shape index (κ1) is 35.3. The molecule has 1 aromatic heterocycles. The van der Waals surface area contributed by atoms with Gasteiger partial charge in [-0.1, -0.05) is 13.8 Å². The van der Waals surface area contributed by atoms with Gasteiger partial charge < -0.3 is 31.1 Å². The van der Waals surface area contributed by atoms with E-state index in [9.17, 15) is 29.7 Å². The largest absolute Gasteiger partial charge is 3.00 e. The van der Waals surface area contributed by atoms with E-state index in [0.29, 0.717) is 0 Å². The minimum Gasteiger partial charge on any atom is -0.876 e. The molecule has 1 heterocycles. The Morgan fingerprint density at radius 3 is 1.35 bits per heavy atom. The van der Waals surface area contributed by atoms with E-state index in [4.69, 9.17) is 0 Å². The summed E-state index contributed by atoms with van der Waals surface area (Å²) < 4.78 is 0. The number of carboxylic acids is 1. The number of carbonyl (C=O) groups excluding carboxylic acids is 3. The van der Waals surface area contributed by atoms with E-state index in [1.807, 2.05) is 0 Å². The minimum atomic E-state index is -1.30. The predicted molar refractivity (Wildman–Crippen MR) is 85.0 cm³/mol. The van der Waals surface area contributed by atoms with Gasteiger partial charge >= 0.3 is 37.7 Å². The zero-order valence-corrected chi connectivity index (χ0v) is 16.6. The molecule has 6 N–H and O–H groups in total. The topological polar surface area (TPSA) is 212 Å². The van der Waals surface area contributed by atoms with Crippen molar-refractivity contribution in [2.24, 2.45) is 0 Å². The van der Waals surface area contributed by atoms with Gasteiger partial charge in [0.2, 0.25) is 0 Å². The predicted octanol–water partition coefficient (Wildman–Crippen LogP) is -3.32. The quantitative estimate of drug-likeness (QED) is 0.168. The van der Waals surface area contributed by atoms with Gasteiger partial charge in [-0.3, -0.25) is 19.6 Å². The van der Waals surface area contributed by atoms with Crippen LogP contribution in [0.3, 0.4) is 0 Å². The summed E-state index contributed by atoms with van der Waals surface area (Å²) in [6, 6.07) is 0. The second-order valence-electron chi connectivity index (χ2n) is 4.11. The fourth-order valence-electron chi connectivity index (χ4n) is 0.977. The normalized spacial score (nSPS) is 9.23. The van der Waals surface area contributed by atoms with Crippen molar-refractivity contribution in [3.8, 4) is 0 Å². The molecule has 0 atom stereocenters. The van der Waals surface area contributed by atoms with Gasteiger partial charge in [-0.05, 0) is 26.0 Å². The van der Waals surface area contributed by atoms with Crippen LogP contribution in [-0.2, 0) is 20.5 Å². The number of carbonyl (C=O) groups is 3. The first-order valence-electron chi connectivity index (χ1n) is 6.25. The number of aromatic nitrogens is 2. The van der Waals surface area contributed by atoms with E-state index in [2.05, 4.69) is 9.97 Å². The Labute approximate surface area is 180 Å². The van der Waals surface area contributed by atoms with Crippen molar-refractivity contribution in [3.63, 3.8) is 0 Å². The van der Waals surface area contributed by atoms with E-state index < -0.39 is 5.97 Å². The van der Waals surface area contributed by atoms with Crippen LogP contribution >= 0.6 is 0 Å². The molecule has 150 valence electrons. The molecule has 0 unspecified atom stereocenters. The van der Waals surface area contributed by atoms with Crippen molar-refractivity contribution in [1.29, 1.82) is 0 Å². The summed E-state index contributed by atoms with van der Waals surface area (Å²) in [4.78, 5) is 36.9. The van der Waals surface area contributed by atoms with Crippen molar-refractivity contribution in [1.82, 2.24) is 9.97 Å². The third kappa shape index (κ3) is 30.1. The van der Waals surface area contributed by atoms with Gasteiger partial charge in [0.25, 0.3) is 0 Å². The SMILES string of the molecule is CC(=O)/C=C(/C)[O-].CC(=O)/C=C(/C)[O-].O=C([O-])c1cnccn1.[Ho+3].[OH3+].[OH3+]. The summed E-state index contributed by atoms with van der Waals surface area (Å²) in [6.07, 6.45) is 5.94. The van der Waals surface area contributed by atoms with E-state index in [-0.39, 0.29) is 77.5 Å². The second-order valence-corrected chi connectivity index (χ2v) is 4.11. The smallest absolute Gasteiger partial charge is 0.876 e. The summed E-state index contributed by atoms with van der Waals surface area (Å²) in [7, 11) is 0. The number of ketones is 2. The molecular formula is C15H23HoN2O8+2. The van der Waals surface area contributed by atoms with E-state index in [1.54, 1.807) is 0 Å². The summed E-state index contributed by atoms with van der Waals surface area (Å²) in [5, 5.41) is 29.9. The number of hydrogen-bond donors (Lipinski definition) is 0. The van der Waals surface area contributed by atoms with Gasteiger partial charge in [0, 0.05) is 12.4 Å². The zero-order valence-electron chi connectivity index (χ0n) is 14.7. The van der Waals surface area contributed by atoms with Crippen LogP contribution in [0, 0.1) is 37.7 Å². The summed E-state index contributed by atoms with van der Waals surface area (Å²) in [5.41, 5.74) is -0.141. The Morgan fingerprint density at radius 1 is 0.846 bits per heavy atom. The molecule has 0 aliphatic carbocycles. The molecule has 0 spiro atoms. The first-order chi connectivity index (χ1) is 10.6. The van der Waals surface area contributed by atoms with Gasteiger partial charge in [-0.2, -0.15) is 0 Å². The molecule has 1 aromatic rings. The second kappa shape index (κ2) is 21.2. The summed E-state index contributed by atoms with van der Waals surface area (Å²) >= 11 is 0. The van der Waals surface area contributed by atoms with Crippen molar-refractivity contribution in [2.75, 3.05) is 0 Å². The van der Waals surface area contributed by atoms with Gasteiger partial charge in [0.1, 0.15) is 5.69 Å². The third-order valence-electron chi connectivity index (χ3n) is 1.59. The van der Waals surface area contributed by atoms with Gasteiger partial charge in [-0.15, -0.1) is 11.5 Å². The average Bonchev–Trinajstić information content (AvgIpc) is 2.37. The maximum Gasteiger partial charge on any atom is 3.00 e. The number of aromatic carboxylic acids is 1. The maximum absolute atomic E-state index is 9.99. The van der Waals surface area contributed by atoms with Crippen LogP contribution in [0.25, 0.3) is 0 Å². The molecule has 0 aliphatic heterocycles. The van der Waals surface area contributed by atoms with Crippen LogP contribution in [0.2, 0.25) is 0 Å². The Balaban J connectivity index is -0.0000000813. The van der Waals surface area contributed by atoms with Crippen molar-refractivity contribution >= 4 is 17.5 Å². The third-order valence-corrected chi connectivity index (χ3v) is 1.59. The van der Waals surface area contributed by atoms with Crippen LogP contribution in [0.4, 0.5) is 0 Å². The molecule has 0 saturated heterocycles. The van der Waals surface area contributed by atoms with Crippen molar-refractivity contribution < 1.29 is 78.4 Å². The molecule has 10 nitrogen and oxygen atoms in total. The molecule has 0 saturated carbocycles. The minimum absolute atomic E-state index is 0. The monoisotopic (exact) mass is 524 g/mol. The summed E-state index contributed by atoms with van der Waals surface area (Å²) in [5.74, 6) is -2.05. The van der Waals surface area contributed by atoms with Crippen LogP contribution in [0.5, 0.6) is 0 Å². The fourth-order valence-corrected chi connectivity index (χ4v) is 0.977. The van der Waals surface area contributed by atoms with Crippen LogP contribution < -0.4 is 15.3 Å². The standard InChI is InChI=1S/C5H4N2O2.2C5H8O2.Ho.2H2O/c8-5(9)4-3-6-1-2-7-4;2*1-4(6)3-5(2)7;;;/h1-3H,(H,8,9);2*3,6H,1-2H3;;2*1H2/q;;;+3;;/p-1/b;2*4-3-;;;. The Bertz CT molecular complexity index is 553. The molecule has 0 amide bonds. The maximum atomic E-state index is 9.99. The number of rotatable bonds is 3. The number of nitrogens with zero attached hydrogens (tertiary/aromatic N) is 2. The molecule has 1 rings (SSSR count). The molecule has 0 aromatic carbocycles. The Kier molecular flexibility index (Phi) is 28.8. The van der Waals surface area contributed by atoms with Crippen molar-refractivity contribution in [2.45, 2.75) is 27.7 Å². The van der Waals surface area contributed by atoms with Crippen LogP contribution in [0.15, 0.2) is 42.3 Å². The first-order valence-corrected chi connectivity index (χ1v) is 6.25. The molecular weight excluding hydrogens is 501 g/mol. The van der Waals surface area contributed by atoms with E-state index in [0.717, 1.165) is 18.3 Å². The number of hydrogen-bond acceptors (Lipinski definition) is 8. The fraction of sp³-hybridized carbons (Fsp3) is 0.267. The van der Waals surface area contributed by atoms with Gasteiger partial charge in [0.15, 0.2) is 11.6 Å². The van der Waals surface area contributed by atoms with E-state index >= 15 is 0 Å². The molecule has 0 bridgehead atoms. The Morgan fingerprint density at radius 2 is 1.23 bits per heavy atom. The van der Waals surface area contributed by atoms with Gasteiger partial charge in [-0.25, -0.2) is 0 Å². The molecule has 26 heavy (non-hydrogen) atoms. The Hall–Kier alpha value is -1.85.